The van der Waals surface area contributed by atoms with Crippen LogP contribution < -0.4 is 0 Å². The van der Waals surface area contributed by atoms with Gasteiger partial charge in [-0.3, -0.25) is 0 Å². The molecule has 5 rings (SSSR count). The molecule has 0 bridgehead atoms. The number of alkyl halides is 6. The summed E-state index contributed by atoms with van der Waals surface area (Å²) in [6.45, 7) is 7.48. The number of nitrogens with zero attached hydrogens (tertiary/aromatic N) is 2. The van der Waals surface area contributed by atoms with Crippen molar-refractivity contribution in [1.29, 1.82) is 0 Å². The maximum Gasteiger partial charge on any atom is 0.411 e. The van der Waals surface area contributed by atoms with Crippen LogP contribution in [0.1, 0.15) is 88.6 Å². The summed E-state index contributed by atoms with van der Waals surface area (Å²) in [6.07, 6.45) is -6.78. The zero-order valence-corrected chi connectivity index (χ0v) is 22.1. The average Bonchev–Trinajstić information content (AvgIpc) is 3.46. The summed E-state index contributed by atoms with van der Waals surface area (Å²) in [5.41, 5.74) is -6.73. The van der Waals surface area contributed by atoms with Gasteiger partial charge in [0, 0.05) is 11.3 Å². The summed E-state index contributed by atoms with van der Waals surface area (Å²) in [7, 11) is 0. The van der Waals surface area contributed by atoms with Crippen LogP contribution in [0.4, 0.5) is 26.3 Å². The number of fused-ring (bicyclic) bond motifs is 2. The van der Waals surface area contributed by atoms with E-state index in [0.29, 0.717) is 11.8 Å². The lowest BCUT2D eigenvalue weighted by Gasteiger charge is -2.38. The Hall–Kier alpha value is -3.04. The van der Waals surface area contributed by atoms with Gasteiger partial charge in [0.2, 0.25) is 11.3 Å². The Morgan fingerprint density at radius 2 is 1.26 bits per heavy atom. The largest absolute Gasteiger partial charge is 0.440 e. The van der Waals surface area contributed by atoms with Crippen molar-refractivity contribution >= 4 is 22.2 Å². The van der Waals surface area contributed by atoms with E-state index in [-0.39, 0.29) is 34.0 Å². The minimum atomic E-state index is -5.73. The molecule has 1 fully saturated rings. The average molecular weight is 553 g/mol. The standard InChI is InChI=1S/C29H30F6N2O2/c1-5-16-6-8-17(9-7-16)24-36-20-14-18(10-12-22(20)38-24)27(28(30,31)32,29(33,34)35)19-11-13-23-21(15-19)37-25(39-23)26(2,3)4/h10-17H,5-9H2,1-4H3. The topological polar surface area (TPSA) is 52.1 Å². The molecule has 0 radical (unpaired) electrons. The number of benzene rings is 2. The van der Waals surface area contributed by atoms with Crippen molar-refractivity contribution < 1.29 is 35.2 Å². The van der Waals surface area contributed by atoms with Crippen LogP contribution in [0.2, 0.25) is 0 Å². The molecule has 210 valence electrons. The summed E-state index contributed by atoms with van der Waals surface area (Å²) in [5.74, 6) is 1.17. The molecule has 0 N–H and O–H groups in total. The fraction of sp³-hybridized carbons (Fsp3) is 0.517. The molecule has 0 unspecified atom stereocenters. The first kappa shape index (κ1) is 27.5. The maximum atomic E-state index is 14.8. The van der Waals surface area contributed by atoms with Crippen molar-refractivity contribution in [1.82, 2.24) is 9.97 Å². The van der Waals surface area contributed by atoms with Gasteiger partial charge in [-0.05, 0) is 67.0 Å². The number of hydrogen-bond acceptors (Lipinski definition) is 4. The van der Waals surface area contributed by atoms with E-state index in [1.807, 2.05) is 0 Å². The van der Waals surface area contributed by atoms with Crippen molar-refractivity contribution in [2.45, 2.75) is 88.9 Å². The van der Waals surface area contributed by atoms with E-state index >= 15 is 0 Å². The quantitative estimate of drug-likeness (QED) is 0.237. The van der Waals surface area contributed by atoms with Crippen molar-refractivity contribution in [2.75, 3.05) is 0 Å². The molecule has 39 heavy (non-hydrogen) atoms. The summed E-state index contributed by atoms with van der Waals surface area (Å²) >= 11 is 0. The van der Waals surface area contributed by atoms with Crippen LogP contribution in [-0.2, 0) is 10.8 Å². The molecule has 2 heterocycles. The fourth-order valence-electron chi connectivity index (χ4n) is 5.63. The van der Waals surface area contributed by atoms with Gasteiger partial charge in [-0.1, -0.05) is 46.2 Å². The van der Waals surface area contributed by atoms with E-state index in [1.165, 1.54) is 0 Å². The van der Waals surface area contributed by atoms with Gasteiger partial charge in [-0.15, -0.1) is 0 Å². The third-order valence-electron chi connectivity index (χ3n) is 7.92. The van der Waals surface area contributed by atoms with Crippen molar-refractivity contribution in [3.8, 4) is 0 Å². The maximum absolute atomic E-state index is 14.8. The van der Waals surface area contributed by atoms with Crippen LogP contribution >= 0.6 is 0 Å². The lowest BCUT2D eigenvalue weighted by molar-refractivity contribution is -0.288. The van der Waals surface area contributed by atoms with E-state index < -0.39 is 34.3 Å². The Morgan fingerprint density at radius 1 is 0.744 bits per heavy atom. The Bertz CT molecular complexity index is 1470. The smallest absolute Gasteiger partial charge is 0.411 e. The molecule has 0 aliphatic heterocycles. The molecule has 0 amide bonds. The second-order valence-electron chi connectivity index (χ2n) is 11.6. The molecule has 0 saturated heterocycles. The number of oxazole rings is 2. The molecule has 4 nitrogen and oxygen atoms in total. The van der Waals surface area contributed by atoms with Gasteiger partial charge in [0.1, 0.15) is 11.0 Å². The third-order valence-corrected chi connectivity index (χ3v) is 7.92. The van der Waals surface area contributed by atoms with Gasteiger partial charge in [0.25, 0.3) is 0 Å². The third kappa shape index (κ3) is 4.59. The van der Waals surface area contributed by atoms with Crippen molar-refractivity contribution in [3.63, 3.8) is 0 Å². The Morgan fingerprint density at radius 3 is 1.74 bits per heavy atom. The molecular weight excluding hydrogens is 522 g/mol. The molecular formula is C29H30F6N2O2. The first-order valence-electron chi connectivity index (χ1n) is 13.1. The summed E-state index contributed by atoms with van der Waals surface area (Å²) in [4.78, 5) is 8.57. The SMILES string of the molecule is CCC1CCC(c2nc3cc(C(c4ccc5oc(C(C)(C)C)nc5c4)(C(F)(F)F)C(F)(F)F)ccc3o2)CC1. The van der Waals surface area contributed by atoms with Gasteiger partial charge in [-0.2, -0.15) is 26.3 Å². The zero-order valence-electron chi connectivity index (χ0n) is 22.1. The van der Waals surface area contributed by atoms with E-state index in [4.69, 9.17) is 8.83 Å². The van der Waals surface area contributed by atoms with Gasteiger partial charge < -0.3 is 8.83 Å². The van der Waals surface area contributed by atoms with Gasteiger partial charge in [0.15, 0.2) is 17.1 Å². The Labute approximate surface area is 221 Å². The molecule has 10 heteroatoms. The van der Waals surface area contributed by atoms with Gasteiger partial charge in [0.05, 0.1) is 0 Å². The Balaban J connectivity index is 1.65. The number of aromatic nitrogens is 2. The lowest BCUT2D eigenvalue weighted by atomic mass is 9.72. The molecule has 0 spiro atoms. The number of hydrogen-bond donors (Lipinski definition) is 0. The minimum absolute atomic E-state index is 0.00905. The predicted octanol–water partition coefficient (Wildman–Crippen LogP) is 9.36. The van der Waals surface area contributed by atoms with Gasteiger partial charge in [-0.25, -0.2) is 9.97 Å². The van der Waals surface area contributed by atoms with Crippen LogP contribution in [0.25, 0.3) is 22.2 Å². The van der Waals surface area contributed by atoms with Crippen LogP contribution in [0, 0.1) is 5.92 Å². The van der Waals surface area contributed by atoms with E-state index in [0.717, 1.165) is 68.5 Å². The highest BCUT2D eigenvalue weighted by Gasteiger charge is 2.72. The van der Waals surface area contributed by atoms with Gasteiger partial charge >= 0.3 is 12.4 Å². The van der Waals surface area contributed by atoms with E-state index in [1.54, 1.807) is 20.8 Å². The zero-order chi connectivity index (χ0) is 28.4. The summed E-state index contributed by atoms with van der Waals surface area (Å²) in [5, 5.41) is 0. The first-order chi connectivity index (χ1) is 18.1. The van der Waals surface area contributed by atoms with E-state index in [9.17, 15) is 26.3 Å². The number of rotatable bonds is 4. The lowest BCUT2D eigenvalue weighted by Crippen LogP contribution is -2.54. The Kier molecular flexibility index (Phi) is 6.54. The fourth-order valence-corrected chi connectivity index (χ4v) is 5.63. The summed E-state index contributed by atoms with van der Waals surface area (Å²) in [6, 6.07) is 5.58. The van der Waals surface area contributed by atoms with Crippen LogP contribution in [0.5, 0.6) is 0 Å². The van der Waals surface area contributed by atoms with Crippen molar-refractivity contribution in [2.24, 2.45) is 5.92 Å². The molecule has 0 atom stereocenters. The first-order valence-corrected chi connectivity index (χ1v) is 13.1. The molecule has 1 aliphatic carbocycles. The monoisotopic (exact) mass is 552 g/mol. The highest BCUT2D eigenvalue weighted by molar-refractivity contribution is 5.77. The number of halogens is 6. The van der Waals surface area contributed by atoms with Crippen LogP contribution in [0.3, 0.4) is 0 Å². The highest BCUT2D eigenvalue weighted by atomic mass is 19.4. The molecule has 1 aliphatic rings. The molecule has 2 aromatic carbocycles. The molecule has 2 aromatic heterocycles. The van der Waals surface area contributed by atoms with Crippen LogP contribution in [-0.4, -0.2) is 22.3 Å². The normalized spacial score (nSPS) is 19.7. The van der Waals surface area contributed by atoms with Crippen LogP contribution in [0.15, 0.2) is 45.2 Å². The second kappa shape index (κ2) is 9.27. The predicted molar refractivity (Wildman–Crippen MR) is 135 cm³/mol. The second-order valence-corrected chi connectivity index (χ2v) is 11.6. The minimum Gasteiger partial charge on any atom is -0.440 e. The van der Waals surface area contributed by atoms with E-state index in [2.05, 4.69) is 16.9 Å². The summed E-state index contributed by atoms with van der Waals surface area (Å²) < 4.78 is 100. The molecule has 4 aromatic rings. The van der Waals surface area contributed by atoms with Crippen molar-refractivity contribution in [3.05, 3.63) is 59.3 Å². The highest BCUT2D eigenvalue weighted by Crippen LogP contribution is 2.57. The molecule has 1 saturated carbocycles.